The zero-order chi connectivity index (χ0) is 17.7. The normalized spacial score (nSPS) is 11.4. The third-order valence-corrected chi connectivity index (χ3v) is 4.89. The Morgan fingerprint density at radius 2 is 1.62 bits per heavy atom. The van der Waals surface area contributed by atoms with Gasteiger partial charge in [0, 0.05) is 21.3 Å². The zero-order valence-corrected chi connectivity index (χ0v) is 14.3. The van der Waals surface area contributed by atoms with Gasteiger partial charge in [-0.25, -0.2) is 8.42 Å². The van der Waals surface area contributed by atoms with Crippen LogP contribution in [0.1, 0.15) is 11.1 Å². The molecule has 2 aromatic carbocycles. The maximum Gasteiger partial charge on any atom is 0.272 e. The zero-order valence-electron chi connectivity index (χ0n) is 12.0. The molecule has 0 atom stereocenters. The SMILES string of the molecule is N#C/C(=C\c1c(Cl)cccc1Cl)S(=O)(=O)Nc1ccc(C#N)cc1. The Bertz CT molecular complexity index is 965. The highest BCUT2D eigenvalue weighted by Crippen LogP contribution is 2.28. The van der Waals surface area contributed by atoms with E-state index in [0.29, 0.717) is 5.56 Å². The molecule has 8 heteroatoms. The molecule has 0 saturated carbocycles. The molecule has 5 nitrogen and oxygen atoms in total. The standard InChI is InChI=1S/C16H9Cl2N3O2S/c17-15-2-1-3-16(18)14(15)8-13(10-20)24(22,23)21-12-6-4-11(9-19)5-7-12/h1-8,21H/b13-8+. The number of nitrogens with one attached hydrogen (secondary N) is 1. The highest BCUT2D eigenvalue weighted by atomic mass is 35.5. The molecule has 2 aromatic rings. The average molecular weight is 378 g/mol. The van der Waals surface area contributed by atoms with Crippen LogP contribution < -0.4 is 4.72 Å². The first-order valence-corrected chi connectivity index (χ1v) is 8.70. The summed E-state index contributed by atoms with van der Waals surface area (Å²) >= 11 is 12.0. The number of halogens is 2. The maximum atomic E-state index is 12.4. The summed E-state index contributed by atoms with van der Waals surface area (Å²) in [7, 11) is -4.13. The Morgan fingerprint density at radius 3 is 2.12 bits per heavy atom. The summed E-state index contributed by atoms with van der Waals surface area (Å²) in [5.41, 5.74) is 0.847. The van der Waals surface area contributed by atoms with Crippen molar-refractivity contribution < 1.29 is 8.42 Å². The molecular weight excluding hydrogens is 369 g/mol. The van der Waals surface area contributed by atoms with E-state index in [1.165, 1.54) is 36.4 Å². The monoisotopic (exact) mass is 377 g/mol. The lowest BCUT2D eigenvalue weighted by atomic mass is 10.2. The molecule has 0 heterocycles. The van der Waals surface area contributed by atoms with Gasteiger partial charge in [0.25, 0.3) is 10.0 Å². The van der Waals surface area contributed by atoms with E-state index in [2.05, 4.69) is 4.72 Å². The van der Waals surface area contributed by atoms with Gasteiger partial charge in [0.05, 0.1) is 11.6 Å². The molecule has 2 rings (SSSR count). The predicted octanol–water partition coefficient (Wildman–Crippen LogP) is 4.17. The highest BCUT2D eigenvalue weighted by molar-refractivity contribution is 7.96. The minimum atomic E-state index is -4.13. The molecule has 120 valence electrons. The van der Waals surface area contributed by atoms with Crippen LogP contribution in [-0.4, -0.2) is 8.42 Å². The van der Waals surface area contributed by atoms with Gasteiger partial charge in [-0.2, -0.15) is 10.5 Å². The molecule has 0 amide bonds. The Balaban J connectivity index is 2.40. The number of nitriles is 2. The fourth-order valence-electron chi connectivity index (χ4n) is 1.77. The Labute approximate surface area is 149 Å². The maximum absolute atomic E-state index is 12.4. The summed E-state index contributed by atoms with van der Waals surface area (Å²) in [6, 6.07) is 14.0. The van der Waals surface area contributed by atoms with Crippen LogP contribution in [0.4, 0.5) is 5.69 Å². The highest BCUT2D eigenvalue weighted by Gasteiger charge is 2.19. The van der Waals surface area contributed by atoms with Gasteiger partial charge < -0.3 is 0 Å². The molecule has 0 aliphatic rings. The van der Waals surface area contributed by atoms with Gasteiger partial charge in [0.15, 0.2) is 4.91 Å². The van der Waals surface area contributed by atoms with Crippen molar-refractivity contribution in [1.82, 2.24) is 0 Å². The van der Waals surface area contributed by atoms with Crippen molar-refractivity contribution in [2.75, 3.05) is 4.72 Å². The second-order valence-electron chi connectivity index (χ2n) is 4.55. The Hall–Kier alpha value is -2.51. The first-order chi connectivity index (χ1) is 11.4. The summed E-state index contributed by atoms with van der Waals surface area (Å²) in [6.45, 7) is 0. The fourth-order valence-corrected chi connectivity index (χ4v) is 3.23. The van der Waals surface area contributed by atoms with E-state index in [9.17, 15) is 13.7 Å². The van der Waals surface area contributed by atoms with Crippen molar-refractivity contribution >= 4 is 45.0 Å². The summed E-state index contributed by atoms with van der Waals surface area (Å²) in [5, 5.41) is 18.4. The summed E-state index contributed by atoms with van der Waals surface area (Å²) in [5.74, 6) is 0. The number of allylic oxidation sites excluding steroid dienone is 1. The minimum Gasteiger partial charge on any atom is -0.279 e. The summed E-state index contributed by atoms with van der Waals surface area (Å²) in [6.07, 6.45) is 1.11. The van der Waals surface area contributed by atoms with Gasteiger partial charge >= 0.3 is 0 Å². The van der Waals surface area contributed by atoms with Crippen LogP contribution in [0.15, 0.2) is 47.4 Å². The van der Waals surface area contributed by atoms with Crippen LogP contribution in [0.3, 0.4) is 0 Å². The minimum absolute atomic E-state index is 0.223. The van der Waals surface area contributed by atoms with Crippen molar-refractivity contribution in [3.05, 3.63) is 68.5 Å². The van der Waals surface area contributed by atoms with E-state index in [1.54, 1.807) is 12.1 Å². The number of rotatable bonds is 4. The number of hydrogen-bond donors (Lipinski definition) is 1. The van der Waals surface area contributed by atoms with Crippen LogP contribution >= 0.6 is 23.2 Å². The van der Waals surface area contributed by atoms with Crippen LogP contribution in [-0.2, 0) is 10.0 Å². The molecule has 0 aromatic heterocycles. The predicted molar refractivity (Wildman–Crippen MR) is 93.8 cm³/mol. The van der Waals surface area contributed by atoms with E-state index >= 15 is 0 Å². The van der Waals surface area contributed by atoms with Crippen molar-refractivity contribution in [2.45, 2.75) is 0 Å². The van der Waals surface area contributed by atoms with Crippen LogP contribution in [0.25, 0.3) is 6.08 Å². The third kappa shape index (κ3) is 4.06. The first-order valence-electron chi connectivity index (χ1n) is 6.46. The van der Waals surface area contributed by atoms with E-state index in [-0.39, 0.29) is 21.3 Å². The lowest BCUT2D eigenvalue weighted by Gasteiger charge is -2.08. The molecule has 0 saturated heterocycles. The summed E-state index contributed by atoms with van der Waals surface area (Å²) in [4.78, 5) is -0.540. The first kappa shape index (κ1) is 17.8. The smallest absolute Gasteiger partial charge is 0.272 e. The molecule has 0 aliphatic carbocycles. The quantitative estimate of drug-likeness (QED) is 0.808. The molecular formula is C16H9Cl2N3O2S. The van der Waals surface area contributed by atoms with Crippen molar-refractivity contribution in [3.8, 4) is 12.1 Å². The van der Waals surface area contributed by atoms with Crippen molar-refractivity contribution in [1.29, 1.82) is 10.5 Å². The van der Waals surface area contributed by atoms with E-state index in [1.807, 2.05) is 6.07 Å². The molecule has 1 N–H and O–H groups in total. The second kappa shape index (κ2) is 7.37. The third-order valence-electron chi connectivity index (χ3n) is 2.94. The number of hydrogen-bond acceptors (Lipinski definition) is 4. The van der Waals surface area contributed by atoms with Crippen LogP contribution in [0.5, 0.6) is 0 Å². The van der Waals surface area contributed by atoms with Gasteiger partial charge in [-0.1, -0.05) is 29.3 Å². The molecule has 0 bridgehead atoms. The van der Waals surface area contributed by atoms with Gasteiger partial charge in [0.2, 0.25) is 0 Å². The van der Waals surface area contributed by atoms with Crippen molar-refractivity contribution in [3.63, 3.8) is 0 Å². The molecule has 0 fully saturated rings. The number of nitrogens with zero attached hydrogens (tertiary/aromatic N) is 2. The lowest BCUT2D eigenvalue weighted by Crippen LogP contribution is -2.14. The van der Waals surface area contributed by atoms with Crippen molar-refractivity contribution in [2.24, 2.45) is 0 Å². The topological polar surface area (TPSA) is 93.8 Å². The van der Waals surface area contributed by atoms with Crippen LogP contribution in [0.2, 0.25) is 10.0 Å². The lowest BCUT2D eigenvalue weighted by molar-refractivity contribution is 0.608. The number of anilines is 1. The van der Waals surface area contributed by atoms with Gasteiger partial charge in [-0.05, 0) is 42.5 Å². The average Bonchev–Trinajstić information content (AvgIpc) is 2.54. The largest absolute Gasteiger partial charge is 0.279 e. The molecule has 0 spiro atoms. The molecule has 0 unspecified atom stereocenters. The Morgan fingerprint density at radius 1 is 1.04 bits per heavy atom. The fraction of sp³-hybridized carbons (Fsp3) is 0. The van der Waals surface area contributed by atoms with E-state index < -0.39 is 14.9 Å². The van der Waals surface area contributed by atoms with Gasteiger partial charge in [-0.3, -0.25) is 4.72 Å². The van der Waals surface area contributed by atoms with Gasteiger partial charge in [-0.15, -0.1) is 0 Å². The molecule has 24 heavy (non-hydrogen) atoms. The number of benzene rings is 2. The Kier molecular flexibility index (Phi) is 5.48. The molecule has 0 radical (unpaired) electrons. The second-order valence-corrected chi connectivity index (χ2v) is 7.02. The van der Waals surface area contributed by atoms with Gasteiger partial charge in [0.1, 0.15) is 6.07 Å². The van der Waals surface area contributed by atoms with E-state index in [4.69, 9.17) is 28.5 Å². The summed E-state index contributed by atoms with van der Waals surface area (Å²) < 4.78 is 27.0. The van der Waals surface area contributed by atoms with Crippen LogP contribution in [0, 0.1) is 22.7 Å². The van der Waals surface area contributed by atoms with E-state index in [0.717, 1.165) is 6.08 Å². The molecule has 0 aliphatic heterocycles. The number of sulfonamides is 1.